The molecule has 2 aromatic heterocycles. The molecule has 1 aliphatic carbocycles. The minimum absolute atomic E-state index is 0.0840. The van der Waals surface area contributed by atoms with E-state index >= 15 is 0 Å². The molecule has 0 spiro atoms. The summed E-state index contributed by atoms with van der Waals surface area (Å²) in [6, 6.07) is 6.16. The second kappa shape index (κ2) is 11.6. The van der Waals surface area contributed by atoms with Crippen molar-refractivity contribution in [2.45, 2.75) is 57.4 Å². The molecule has 1 atom stereocenters. The molecule has 2 aliphatic heterocycles. The van der Waals surface area contributed by atoms with Crippen LogP contribution >= 0.6 is 0 Å². The molecule has 10 nitrogen and oxygen atoms in total. The van der Waals surface area contributed by atoms with E-state index in [-0.39, 0.29) is 23.4 Å². The summed E-state index contributed by atoms with van der Waals surface area (Å²) in [6.07, 6.45) is 9.12. The number of piperazine rings is 1. The third-order valence-electron chi connectivity index (χ3n) is 8.96. The molecule has 1 saturated carbocycles. The van der Waals surface area contributed by atoms with Gasteiger partial charge in [-0.2, -0.15) is 4.98 Å². The summed E-state index contributed by atoms with van der Waals surface area (Å²) < 4.78 is 1.79. The first-order chi connectivity index (χ1) is 19.9. The predicted molar refractivity (Wildman–Crippen MR) is 162 cm³/mol. The first-order valence-corrected chi connectivity index (χ1v) is 14.9. The maximum Gasteiger partial charge on any atom is 0.274 e. The van der Waals surface area contributed by atoms with Crippen molar-refractivity contribution >= 4 is 34.4 Å². The second-order valence-electron chi connectivity index (χ2n) is 11.8. The maximum atomic E-state index is 14.0. The minimum Gasteiger partial charge on any atom is -0.369 e. The number of anilines is 3. The van der Waals surface area contributed by atoms with Crippen molar-refractivity contribution in [2.75, 3.05) is 56.5 Å². The monoisotopic (exact) mass is 556 g/mol. The van der Waals surface area contributed by atoms with Crippen LogP contribution in [-0.4, -0.2) is 81.5 Å². The zero-order valence-corrected chi connectivity index (χ0v) is 24.2. The highest BCUT2D eigenvalue weighted by Gasteiger charge is 2.31. The lowest BCUT2D eigenvalue weighted by Gasteiger charge is -2.35. The van der Waals surface area contributed by atoms with Gasteiger partial charge in [-0.1, -0.05) is 25.8 Å². The van der Waals surface area contributed by atoms with E-state index in [0.717, 1.165) is 57.5 Å². The number of aromatic nitrogens is 4. The van der Waals surface area contributed by atoms with Crippen LogP contribution in [0.3, 0.4) is 0 Å². The van der Waals surface area contributed by atoms with Crippen molar-refractivity contribution in [2.24, 2.45) is 0 Å². The number of hydrogen-bond acceptors (Lipinski definition) is 8. The number of nitrogens with one attached hydrogen (secondary N) is 1. The number of hydrogen-bond donors (Lipinski definition) is 1. The van der Waals surface area contributed by atoms with Crippen LogP contribution in [-0.2, 0) is 4.79 Å². The number of benzene rings is 1. The van der Waals surface area contributed by atoms with E-state index in [4.69, 9.17) is 9.97 Å². The Morgan fingerprint density at radius 2 is 1.83 bits per heavy atom. The largest absolute Gasteiger partial charge is 0.369 e. The van der Waals surface area contributed by atoms with Gasteiger partial charge in [0, 0.05) is 56.6 Å². The Kier molecular flexibility index (Phi) is 7.75. The van der Waals surface area contributed by atoms with Crippen LogP contribution < -0.4 is 15.8 Å². The normalized spacial score (nSPS) is 20.5. The fourth-order valence-electron chi connectivity index (χ4n) is 6.61. The molecular formula is C31H40N8O2. The molecule has 1 N–H and O–H groups in total. The van der Waals surface area contributed by atoms with Crippen LogP contribution in [0.4, 0.5) is 17.3 Å². The first kappa shape index (κ1) is 27.4. The summed E-state index contributed by atoms with van der Waals surface area (Å²) in [5, 5.41) is 3.36. The van der Waals surface area contributed by atoms with Gasteiger partial charge in [0.2, 0.25) is 11.9 Å². The van der Waals surface area contributed by atoms with E-state index in [0.29, 0.717) is 42.3 Å². The van der Waals surface area contributed by atoms with Crippen molar-refractivity contribution in [1.82, 2.24) is 29.3 Å². The van der Waals surface area contributed by atoms with Gasteiger partial charge in [-0.3, -0.25) is 14.2 Å². The number of fused-ring (bicyclic) bond motifs is 1. The number of carbonyl (C=O) groups excluding carboxylic acids is 1. The predicted octanol–water partition coefficient (Wildman–Crippen LogP) is 4.00. The Bertz CT molecular complexity index is 1500. The minimum atomic E-state index is -0.174. The van der Waals surface area contributed by atoms with Crippen LogP contribution in [0, 0.1) is 6.92 Å². The van der Waals surface area contributed by atoms with Crippen molar-refractivity contribution < 1.29 is 4.79 Å². The molecule has 10 heteroatoms. The van der Waals surface area contributed by atoms with Gasteiger partial charge in [-0.25, -0.2) is 9.97 Å². The van der Waals surface area contributed by atoms with Gasteiger partial charge in [-0.05, 0) is 63.1 Å². The quantitative estimate of drug-likeness (QED) is 0.455. The number of likely N-dealkylation sites (tertiary alicyclic amines) is 1. The van der Waals surface area contributed by atoms with Crippen LogP contribution in [0.2, 0.25) is 0 Å². The molecule has 3 aromatic rings. The number of nitrogens with zero attached hydrogens (tertiary/aromatic N) is 7. The summed E-state index contributed by atoms with van der Waals surface area (Å²) >= 11 is 0. The molecule has 3 fully saturated rings. The van der Waals surface area contributed by atoms with Crippen LogP contribution in [0.1, 0.15) is 61.7 Å². The van der Waals surface area contributed by atoms with Crippen LogP contribution in [0.25, 0.3) is 11.2 Å². The molecule has 1 aromatic carbocycles. The van der Waals surface area contributed by atoms with Gasteiger partial charge in [0.25, 0.3) is 5.56 Å². The first-order valence-electron chi connectivity index (χ1n) is 14.9. The zero-order valence-electron chi connectivity index (χ0n) is 24.2. The summed E-state index contributed by atoms with van der Waals surface area (Å²) in [7, 11) is 2.16. The van der Waals surface area contributed by atoms with Gasteiger partial charge < -0.3 is 20.0 Å². The van der Waals surface area contributed by atoms with E-state index < -0.39 is 0 Å². The Morgan fingerprint density at radius 1 is 1.05 bits per heavy atom. The van der Waals surface area contributed by atoms with Gasteiger partial charge >= 0.3 is 0 Å². The van der Waals surface area contributed by atoms with Crippen LogP contribution in [0.15, 0.2) is 41.8 Å². The maximum absolute atomic E-state index is 14.0. The van der Waals surface area contributed by atoms with Crippen molar-refractivity contribution in [3.63, 3.8) is 0 Å². The number of likely N-dealkylation sites (N-methyl/N-ethyl adjacent to an activating group) is 1. The lowest BCUT2D eigenvalue weighted by Crippen LogP contribution is -2.44. The fraction of sp³-hybridized carbons (Fsp3) is 0.516. The molecule has 0 unspecified atom stereocenters. The molecule has 41 heavy (non-hydrogen) atoms. The summed E-state index contributed by atoms with van der Waals surface area (Å²) in [5.41, 5.74) is 4.99. The van der Waals surface area contributed by atoms with Crippen molar-refractivity contribution in [1.29, 1.82) is 0 Å². The van der Waals surface area contributed by atoms with Gasteiger partial charge in [0.1, 0.15) is 11.2 Å². The molecular weight excluding hydrogens is 516 g/mol. The number of amides is 1. The molecule has 3 aliphatic rings. The Labute approximate surface area is 241 Å². The van der Waals surface area contributed by atoms with Crippen LogP contribution in [0.5, 0.6) is 0 Å². The average Bonchev–Trinajstić information content (AvgIpc) is 3.47. The van der Waals surface area contributed by atoms with E-state index in [9.17, 15) is 9.59 Å². The topological polar surface area (TPSA) is 99.5 Å². The Morgan fingerprint density at radius 3 is 2.56 bits per heavy atom. The molecule has 0 bridgehead atoms. The van der Waals surface area contributed by atoms with Crippen molar-refractivity contribution in [3.05, 3.63) is 58.7 Å². The standard InChI is InChI=1S/C31H40N8O2/c1-4-27(40)38-13-12-24(20-38)39-29-25(34-28(30(39)41)22-8-6-5-7-9-22)19-32-31(35-29)33-23-10-11-26(21(2)18-23)37-16-14-36(3)15-17-37/h4,10-11,18-19,22,24H,1,5-9,12-17,20H2,2-3H3,(H,32,33,35)/t24-/m0/s1. The highest BCUT2D eigenvalue weighted by Crippen LogP contribution is 2.32. The third kappa shape index (κ3) is 5.57. The van der Waals surface area contributed by atoms with Gasteiger partial charge in [0.05, 0.1) is 12.2 Å². The lowest BCUT2D eigenvalue weighted by atomic mass is 9.87. The highest BCUT2D eigenvalue weighted by atomic mass is 16.2. The fourth-order valence-corrected chi connectivity index (χ4v) is 6.61. The second-order valence-corrected chi connectivity index (χ2v) is 11.8. The Hall–Kier alpha value is -3.79. The highest BCUT2D eigenvalue weighted by molar-refractivity contribution is 5.87. The number of rotatable bonds is 6. The van der Waals surface area contributed by atoms with Gasteiger partial charge in [-0.15, -0.1) is 0 Å². The number of carbonyl (C=O) groups is 1. The summed E-state index contributed by atoms with van der Waals surface area (Å²) in [5.74, 6) is 0.458. The summed E-state index contributed by atoms with van der Waals surface area (Å²) in [4.78, 5) is 47.2. The molecule has 2 saturated heterocycles. The lowest BCUT2D eigenvalue weighted by molar-refractivity contribution is -0.125. The van der Waals surface area contributed by atoms with E-state index in [1.54, 1.807) is 15.7 Å². The SMILES string of the molecule is C=CC(=O)N1CC[C@H](n2c(=O)c(C3CCCCC3)nc3cnc(Nc4ccc(N5CCN(C)CC5)c(C)c4)nc32)C1. The van der Waals surface area contributed by atoms with Gasteiger partial charge in [0.15, 0.2) is 5.65 Å². The Balaban J connectivity index is 1.33. The zero-order chi connectivity index (χ0) is 28.5. The van der Waals surface area contributed by atoms with E-state index in [1.807, 2.05) is 0 Å². The molecule has 4 heterocycles. The average molecular weight is 557 g/mol. The summed E-state index contributed by atoms with van der Waals surface area (Å²) in [6.45, 7) is 10.9. The third-order valence-corrected chi connectivity index (χ3v) is 8.96. The van der Waals surface area contributed by atoms with Crippen molar-refractivity contribution in [3.8, 4) is 0 Å². The molecule has 0 radical (unpaired) electrons. The molecule has 216 valence electrons. The van der Waals surface area contributed by atoms with E-state index in [1.165, 1.54) is 23.7 Å². The van der Waals surface area contributed by atoms with E-state index in [2.05, 4.69) is 58.9 Å². The molecule has 1 amide bonds. The number of aryl methyl sites for hydroxylation is 1. The molecule has 6 rings (SSSR count). The smallest absolute Gasteiger partial charge is 0.274 e.